The van der Waals surface area contributed by atoms with Crippen LogP contribution in [0.2, 0.25) is 0 Å². The normalized spacial score (nSPS) is 29.5. The summed E-state index contributed by atoms with van der Waals surface area (Å²) in [6.07, 6.45) is 11.6. The van der Waals surface area contributed by atoms with Gasteiger partial charge < -0.3 is 5.32 Å². The highest BCUT2D eigenvalue weighted by Crippen LogP contribution is 2.51. The van der Waals surface area contributed by atoms with Gasteiger partial charge in [0, 0.05) is 12.6 Å². The van der Waals surface area contributed by atoms with Gasteiger partial charge in [-0.05, 0) is 43.4 Å². The largest absolute Gasteiger partial charge is 0.310 e. The monoisotopic (exact) mass is 193 g/mol. The molecule has 0 aromatic rings. The van der Waals surface area contributed by atoms with Gasteiger partial charge in [0.2, 0.25) is 0 Å². The fourth-order valence-electron chi connectivity index (χ4n) is 2.44. The van der Waals surface area contributed by atoms with Crippen molar-refractivity contribution in [1.29, 1.82) is 0 Å². The Hall–Kier alpha value is -0.300. The summed E-state index contributed by atoms with van der Waals surface area (Å²) in [5.74, 6) is 0.850. The fourth-order valence-corrected chi connectivity index (χ4v) is 2.44. The third-order valence-electron chi connectivity index (χ3n) is 4.09. The predicted molar refractivity (Wildman–Crippen MR) is 61.3 cm³/mol. The van der Waals surface area contributed by atoms with Gasteiger partial charge in [-0.15, -0.1) is 0 Å². The Balaban J connectivity index is 1.76. The van der Waals surface area contributed by atoms with Crippen molar-refractivity contribution in [3.05, 3.63) is 12.2 Å². The van der Waals surface area contributed by atoms with Crippen LogP contribution in [0.5, 0.6) is 0 Å². The maximum atomic E-state index is 3.72. The highest BCUT2D eigenvalue weighted by atomic mass is 14.9. The number of allylic oxidation sites excluding steroid dienone is 1. The van der Waals surface area contributed by atoms with Crippen molar-refractivity contribution in [2.45, 2.75) is 52.0 Å². The first-order valence-electron chi connectivity index (χ1n) is 6.13. The molecule has 2 rings (SSSR count). The number of hydrogen-bond acceptors (Lipinski definition) is 1. The number of rotatable bonds is 4. The number of nitrogens with one attached hydrogen (secondary N) is 1. The third kappa shape index (κ3) is 2.20. The molecule has 2 aliphatic carbocycles. The smallest absolute Gasteiger partial charge is 0.0250 e. The van der Waals surface area contributed by atoms with Gasteiger partial charge in [-0.1, -0.05) is 26.0 Å². The van der Waals surface area contributed by atoms with E-state index >= 15 is 0 Å². The molecule has 1 saturated carbocycles. The molecule has 0 aromatic heterocycles. The molecular weight excluding hydrogens is 170 g/mol. The Kier molecular flexibility index (Phi) is 2.96. The summed E-state index contributed by atoms with van der Waals surface area (Å²) >= 11 is 0. The van der Waals surface area contributed by atoms with Crippen LogP contribution in [0.25, 0.3) is 0 Å². The summed E-state index contributed by atoms with van der Waals surface area (Å²) in [5, 5.41) is 3.72. The average molecular weight is 193 g/mol. The molecule has 0 bridgehead atoms. The van der Waals surface area contributed by atoms with E-state index in [0.717, 1.165) is 5.92 Å². The first-order valence-corrected chi connectivity index (χ1v) is 6.13. The van der Waals surface area contributed by atoms with Crippen LogP contribution in [0.15, 0.2) is 12.2 Å². The molecular formula is C13H23N. The van der Waals surface area contributed by atoms with E-state index in [0.29, 0.717) is 11.5 Å². The van der Waals surface area contributed by atoms with E-state index in [1.807, 2.05) is 0 Å². The molecule has 0 saturated heterocycles. The van der Waals surface area contributed by atoms with Gasteiger partial charge >= 0.3 is 0 Å². The standard InChI is InChI=1S/C13H23N/c1-11(2)13(8-9-13)10-14-12-6-4-3-5-7-12/h4,6,11-12,14H,3,5,7-10H2,1-2H3. The Morgan fingerprint density at radius 1 is 1.43 bits per heavy atom. The molecule has 14 heavy (non-hydrogen) atoms. The summed E-state index contributed by atoms with van der Waals surface area (Å²) in [7, 11) is 0. The molecule has 0 amide bonds. The molecule has 1 fully saturated rings. The van der Waals surface area contributed by atoms with E-state index in [2.05, 4.69) is 31.3 Å². The molecule has 1 unspecified atom stereocenters. The van der Waals surface area contributed by atoms with Crippen molar-refractivity contribution < 1.29 is 0 Å². The van der Waals surface area contributed by atoms with Crippen LogP contribution >= 0.6 is 0 Å². The quantitative estimate of drug-likeness (QED) is 0.676. The lowest BCUT2D eigenvalue weighted by molar-refractivity contribution is 0.324. The minimum Gasteiger partial charge on any atom is -0.310 e. The van der Waals surface area contributed by atoms with Gasteiger partial charge in [0.15, 0.2) is 0 Å². The SMILES string of the molecule is CC(C)C1(CNC2C=CCCC2)CC1. The van der Waals surface area contributed by atoms with Crippen LogP contribution in [0.4, 0.5) is 0 Å². The summed E-state index contributed by atoms with van der Waals surface area (Å²) in [4.78, 5) is 0. The Morgan fingerprint density at radius 3 is 2.71 bits per heavy atom. The van der Waals surface area contributed by atoms with Gasteiger partial charge in [0.1, 0.15) is 0 Å². The second-order valence-electron chi connectivity index (χ2n) is 5.36. The molecule has 0 aliphatic heterocycles. The first kappa shape index (κ1) is 10.2. The van der Waals surface area contributed by atoms with Crippen molar-refractivity contribution in [2.75, 3.05) is 6.54 Å². The fraction of sp³-hybridized carbons (Fsp3) is 0.846. The van der Waals surface area contributed by atoms with Crippen LogP contribution in [-0.2, 0) is 0 Å². The molecule has 1 N–H and O–H groups in total. The molecule has 0 aromatic carbocycles. The molecule has 0 spiro atoms. The molecule has 0 heterocycles. The maximum absolute atomic E-state index is 3.72. The van der Waals surface area contributed by atoms with E-state index in [4.69, 9.17) is 0 Å². The Bertz CT molecular complexity index is 213. The van der Waals surface area contributed by atoms with Crippen molar-refractivity contribution in [1.82, 2.24) is 5.32 Å². The second kappa shape index (κ2) is 4.06. The van der Waals surface area contributed by atoms with Crippen LogP contribution < -0.4 is 5.32 Å². The molecule has 1 nitrogen and oxygen atoms in total. The van der Waals surface area contributed by atoms with Crippen LogP contribution in [0.1, 0.15) is 46.0 Å². The van der Waals surface area contributed by atoms with Gasteiger partial charge in [0.05, 0.1) is 0 Å². The summed E-state index contributed by atoms with van der Waals surface area (Å²) in [6, 6.07) is 0.667. The topological polar surface area (TPSA) is 12.0 Å². The molecule has 0 radical (unpaired) electrons. The van der Waals surface area contributed by atoms with Crippen LogP contribution in [0.3, 0.4) is 0 Å². The van der Waals surface area contributed by atoms with Gasteiger partial charge in [-0.25, -0.2) is 0 Å². The highest BCUT2D eigenvalue weighted by Gasteiger charge is 2.44. The van der Waals surface area contributed by atoms with Crippen molar-refractivity contribution >= 4 is 0 Å². The minimum atomic E-state index is 0.658. The average Bonchev–Trinajstić information content (AvgIpc) is 2.97. The Morgan fingerprint density at radius 2 is 2.21 bits per heavy atom. The lowest BCUT2D eigenvalue weighted by atomic mass is 9.91. The molecule has 80 valence electrons. The summed E-state index contributed by atoms with van der Waals surface area (Å²) in [6.45, 7) is 5.97. The maximum Gasteiger partial charge on any atom is 0.0250 e. The van der Waals surface area contributed by atoms with Crippen LogP contribution in [-0.4, -0.2) is 12.6 Å². The van der Waals surface area contributed by atoms with E-state index < -0.39 is 0 Å². The summed E-state index contributed by atoms with van der Waals surface area (Å²) in [5.41, 5.74) is 0.658. The zero-order chi connectivity index (χ0) is 10.0. The lowest BCUT2D eigenvalue weighted by Gasteiger charge is -2.24. The van der Waals surface area contributed by atoms with Crippen molar-refractivity contribution in [3.8, 4) is 0 Å². The van der Waals surface area contributed by atoms with Crippen molar-refractivity contribution in [2.24, 2.45) is 11.3 Å². The molecule has 2 aliphatic rings. The van der Waals surface area contributed by atoms with Crippen molar-refractivity contribution in [3.63, 3.8) is 0 Å². The predicted octanol–water partition coefficient (Wildman–Crippen LogP) is 3.12. The second-order valence-corrected chi connectivity index (χ2v) is 5.36. The van der Waals surface area contributed by atoms with E-state index in [9.17, 15) is 0 Å². The van der Waals surface area contributed by atoms with Gasteiger partial charge in [-0.2, -0.15) is 0 Å². The minimum absolute atomic E-state index is 0.658. The number of hydrogen-bond donors (Lipinski definition) is 1. The zero-order valence-electron chi connectivity index (χ0n) is 9.55. The van der Waals surface area contributed by atoms with E-state index in [1.165, 1.54) is 38.6 Å². The van der Waals surface area contributed by atoms with Crippen LogP contribution in [0, 0.1) is 11.3 Å². The molecule has 1 heteroatoms. The first-order chi connectivity index (χ1) is 6.73. The Labute approximate surface area is 88.0 Å². The highest BCUT2D eigenvalue weighted by molar-refractivity contribution is 5.02. The molecule has 1 atom stereocenters. The lowest BCUT2D eigenvalue weighted by Crippen LogP contribution is -2.35. The van der Waals surface area contributed by atoms with Gasteiger partial charge in [0.25, 0.3) is 0 Å². The summed E-state index contributed by atoms with van der Waals surface area (Å²) < 4.78 is 0. The van der Waals surface area contributed by atoms with E-state index in [1.54, 1.807) is 0 Å². The zero-order valence-corrected chi connectivity index (χ0v) is 9.55. The van der Waals surface area contributed by atoms with E-state index in [-0.39, 0.29) is 0 Å². The van der Waals surface area contributed by atoms with Gasteiger partial charge in [-0.3, -0.25) is 0 Å². The third-order valence-corrected chi connectivity index (χ3v) is 4.09.